The van der Waals surface area contributed by atoms with E-state index >= 15 is 0 Å². The van der Waals surface area contributed by atoms with E-state index in [-0.39, 0.29) is 0 Å². The van der Waals surface area contributed by atoms with Crippen LogP contribution in [0.1, 0.15) is 24.5 Å². The number of hydrogen-bond acceptors (Lipinski definition) is 4. The Labute approximate surface area is 159 Å². The minimum absolute atomic E-state index is 0.607. The average Bonchev–Trinajstić information content (AvgIpc) is 2.96. The van der Waals surface area contributed by atoms with Crippen LogP contribution in [0.15, 0.2) is 54.6 Å². The fraction of sp³-hybridized carbons (Fsp3) is 0.381. The zero-order valence-electron chi connectivity index (χ0n) is 15.1. The lowest BCUT2D eigenvalue weighted by Gasteiger charge is -2.29. The molecule has 2 aromatic rings. The largest absolute Gasteiger partial charge is 0.494 e. The Morgan fingerprint density at radius 1 is 1.15 bits per heavy atom. The number of amidine groups is 1. The van der Waals surface area contributed by atoms with Crippen molar-refractivity contribution >= 4 is 16.9 Å². The van der Waals surface area contributed by atoms with Crippen molar-refractivity contribution in [2.24, 2.45) is 0 Å². The maximum absolute atomic E-state index is 11.7. The SMILES string of the molecule is CCOc1ccc([C@@]2(O)C[N+]3=C(SCCC3)N2Cc2ccccc2)cc1. The summed E-state index contributed by atoms with van der Waals surface area (Å²) in [6.45, 7) is 4.93. The molecular formula is C21H25N2O2S+. The smallest absolute Gasteiger partial charge is 0.311 e. The second-order valence-electron chi connectivity index (χ2n) is 6.75. The van der Waals surface area contributed by atoms with E-state index in [9.17, 15) is 5.11 Å². The number of nitrogens with zero attached hydrogens (tertiary/aromatic N) is 2. The fourth-order valence-corrected chi connectivity index (χ4v) is 4.87. The van der Waals surface area contributed by atoms with Gasteiger partial charge in [-0.15, -0.1) is 0 Å². The van der Waals surface area contributed by atoms with E-state index < -0.39 is 5.72 Å². The van der Waals surface area contributed by atoms with Crippen LogP contribution >= 0.6 is 11.8 Å². The van der Waals surface area contributed by atoms with E-state index in [2.05, 4.69) is 33.7 Å². The Morgan fingerprint density at radius 3 is 2.65 bits per heavy atom. The first kappa shape index (κ1) is 17.4. The molecule has 26 heavy (non-hydrogen) atoms. The monoisotopic (exact) mass is 369 g/mol. The van der Waals surface area contributed by atoms with Crippen LogP contribution in [0.4, 0.5) is 0 Å². The van der Waals surface area contributed by atoms with Crippen LogP contribution in [0.2, 0.25) is 0 Å². The molecule has 4 nitrogen and oxygen atoms in total. The Kier molecular flexibility index (Phi) is 4.92. The van der Waals surface area contributed by atoms with Crippen molar-refractivity contribution in [3.8, 4) is 5.75 Å². The van der Waals surface area contributed by atoms with Crippen molar-refractivity contribution in [2.75, 3.05) is 25.4 Å². The van der Waals surface area contributed by atoms with Gasteiger partial charge < -0.3 is 9.84 Å². The van der Waals surface area contributed by atoms with E-state index in [4.69, 9.17) is 4.74 Å². The minimum atomic E-state index is -1.02. The van der Waals surface area contributed by atoms with Gasteiger partial charge in [0.1, 0.15) is 12.3 Å². The molecule has 1 N–H and O–H groups in total. The van der Waals surface area contributed by atoms with Crippen molar-refractivity contribution in [1.29, 1.82) is 0 Å². The number of ether oxygens (including phenoxy) is 1. The molecule has 0 amide bonds. The molecule has 5 heteroatoms. The molecule has 0 aromatic heterocycles. The molecule has 0 aliphatic carbocycles. The number of thioether (sulfide) groups is 1. The number of hydrogen-bond donors (Lipinski definition) is 1. The molecule has 2 heterocycles. The molecule has 0 fully saturated rings. The lowest BCUT2D eigenvalue weighted by atomic mass is 10.0. The van der Waals surface area contributed by atoms with Crippen molar-refractivity contribution < 1.29 is 14.4 Å². The number of aliphatic hydroxyl groups is 1. The highest BCUT2D eigenvalue weighted by atomic mass is 32.2. The maximum atomic E-state index is 11.7. The predicted molar refractivity (Wildman–Crippen MR) is 106 cm³/mol. The van der Waals surface area contributed by atoms with Crippen LogP contribution in [-0.4, -0.2) is 45.2 Å². The summed E-state index contributed by atoms with van der Waals surface area (Å²) < 4.78 is 7.89. The molecule has 0 spiro atoms. The molecular weight excluding hydrogens is 344 g/mol. The standard InChI is InChI=1S/C21H25N2O2S/c1-2-25-19-11-9-18(10-12-19)21(24)16-22-13-6-14-26-20(22)23(21)15-17-7-4-3-5-8-17/h3-5,7-12,24H,2,6,13-16H2,1H3/q+1/t21-/m0/s1. The average molecular weight is 370 g/mol. The highest BCUT2D eigenvalue weighted by Gasteiger charge is 2.53. The Bertz CT molecular complexity index is 791. The Balaban J connectivity index is 1.68. The molecule has 0 unspecified atom stereocenters. The summed E-state index contributed by atoms with van der Waals surface area (Å²) in [5.74, 6) is 1.95. The van der Waals surface area contributed by atoms with Crippen LogP contribution in [0, 0.1) is 0 Å². The van der Waals surface area contributed by atoms with E-state index in [1.54, 1.807) is 0 Å². The summed E-state index contributed by atoms with van der Waals surface area (Å²) in [4.78, 5) is 2.17. The van der Waals surface area contributed by atoms with E-state index in [0.29, 0.717) is 19.7 Å². The van der Waals surface area contributed by atoms with Crippen LogP contribution in [0.5, 0.6) is 5.75 Å². The van der Waals surface area contributed by atoms with Crippen molar-refractivity contribution in [1.82, 2.24) is 4.90 Å². The third kappa shape index (κ3) is 3.21. The minimum Gasteiger partial charge on any atom is -0.494 e. The van der Waals surface area contributed by atoms with Crippen LogP contribution < -0.4 is 4.74 Å². The van der Waals surface area contributed by atoms with Gasteiger partial charge in [-0.25, -0.2) is 9.48 Å². The normalized spacial score (nSPS) is 22.5. The fourth-order valence-electron chi connectivity index (χ4n) is 3.71. The molecule has 2 aliphatic heterocycles. The Morgan fingerprint density at radius 2 is 1.92 bits per heavy atom. The molecule has 2 aromatic carbocycles. The third-order valence-electron chi connectivity index (χ3n) is 4.97. The lowest BCUT2D eigenvalue weighted by molar-refractivity contribution is -0.532. The van der Waals surface area contributed by atoms with Gasteiger partial charge in [0.25, 0.3) is 5.72 Å². The summed E-state index contributed by atoms with van der Waals surface area (Å²) in [6.07, 6.45) is 1.16. The van der Waals surface area contributed by atoms with E-state index in [1.165, 1.54) is 10.7 Å². The van der Waals surface area contributed by atoms with Crippen molar-refractivity contribution in [3.63, 3.8) is 0 Å². The zero-order chi connectivity index (χ0) is 18.0. The van der Waals surface area contributed by atoms with Gasteiger partial charge in [0.05, 0.1) is 13.2 Å². The highest BCUT2D eigenvalue weighted by Crippen LogP contribution is 2.37. The maximum Gasteiger partial charge on any atom is 0.311 e. The molecule has 0 bridgehead atoms. The number of benzene rings is 2. The molecule has 4 rings (SSSR count). The molecule has 0 radical (unpaired) electrons. The Hall–Kier alpha value is -1.98. The van der Waals surface area contributed by atoms with Gasteiger partial charge in [0.2, 0.25) is 0 Å². The molecule has 0 saturated carbocycles. The lowest BCUT2D eigenvalue weighted by Crippen LogP contribution is -2.45. The summed E-state index contributed by atoms with van der Waals surface area (Å²) >= 11 is 1.85. The first-order valence-electron chi connectivity index (χ1n) is 9.22. The first-order valence-corrected chi connectivity index (χ1v) is 10.2. The first-order chi connectivity index (χ1) is 12.7. The van der Waals surface area contributed by atoms with Crippen LogP contribution in [0.25, 0.3) is 0 Å². The molecule has 2 aliphatic rings. The summed E-state index contributed by atoms with van der Waals surface area (Å²) in [7, 11) is 0. The van der Waals surface area contributed by atoms with Gasteiger partial charge in [0, 0.05) is 11.3 Å². The van der Waals surface area contributed by atoms with Gasteiger partial charge in [0.15, 0.2) is 6.54 Å². The highest BCUT2D eigenvalue weighted by molar-refractivity contribution is 8.13. The number of rotatable bonds is 5. The predicted octanol–water partition coefficient (Wildman–Crippen LogP) is 3.25. The van der Waals surface area contributed by atoms with Gasteiger partial charge in [-0.2, -0.15) is 0 Å². The van der Waals surface area contributed by atoms with Gasteiger partial charge in [-0.1, -0.05) is 30.3 Å². The topological polar surface area (TPSA) is 35.7 Å². The second kappa shape index (κ2) is 7.33. The van der Waals surface area contributed by atoms with Crippen molar-refractivity contribution in [2.45, 2.75) is 25.6 Å². The summed E-state index contributed by atoms with van der Waals surface area (Å²) in [6, 6.07) is 18.3. The summed E-state index contributed by atoms with van der Waals surface area (Å²) in [5.41, 5.74) is 1.10. The van der Waals surface area contributed by atoms with E-state index in [0.717, 1.165) is 30.0 Å². The van der Waals surface area contributed by atoms with Crippen LogP contribution in [0.3, 0.4) is 0 Å². The van der Waals surface area contributed by atoms with Gasteiger partial charge in [-0.3, -0.25) is 0 Å². The van der Waals surface area contributed by atoms with Crippen LogP contribution in [-0.2, 0) is 12.3 Å². The third-order valence-corrected chi connectivity index (χ3v) is 6.20. The molecule has 136 valence electrons. The van der Waals surface area contributed by atoms with Crippen molar-refractivity contribution in [3.05, 3.63) is 65.7 Å². The molecule has 0 saturated heterocycles. The molecule has 1 atom stereocenters. The van der Waals surface area contributed by atoms with Gasteiger partial charge >= 0.3 is 5.17 Å². The zero-order valence-corrected chi connectivity index (χ0v) is 15.9. The second-order valence-corrected chi connectivity index (χ2v) is 7.81. The van der Waals surface area contributed by atoms with E-state index in [1.807, 2.05) is 49.0 Å². The van der Waals surface area contributed by atoms with Gasteiger partial charge in [-0.05, 0) is 54.9 Å². The summed E-state index contributed by atoms with van der Waals surface area (Å²) in [5, 5.41) is 12.9. The quantitative estimate of drug-likeness (QED) is 0.821.